The molecule has 2 aromatic carbocycles. The second-order valence-electron chi connectivity index (χ2n) is 8.78. The number of aliphatic hydroxyl groups is 3. The van der Waals surface area contributed by atoms with Gasteiger partial charge in [0.1, 0.15) is 42.5 Å². The Kier molecular flexibility index (Phi) is 8.01. The molecule has 4 aromatic rings. The van der Waals surface area contributed by atoms with Gasteiger partial charge in [0.25, 0.3) is 0 Å². The number of aliphatic hydroxyl groups excluding tert-OH is 3. The fraction of sp³-hybridized carbons (Fsp3) is 0.304. The average molecular weight is 668 g/mol. The molecule has 0 saturated carbocycles. The van der Waals surface area contributed by atoms with Crippen molar-refractivity contribution < 1.29 is 46.7 Å². The molecular formula is C23H17BrClF5N6O5. The Morgan fingerprint density at radius 1 is 1.07 bits per heavy atom. The monoisotopic (exact) mass is 666 g/mol. The molecule has 2 aromatic heterocycles. The molecule has 18 heteroatoms. The van der Waals surface area contributed by atoms with Crippen LogP contribution in [0.15, 0.2) is 47.3 Å². The van der Waals surface area contributed by atoms with Crippen LogP contribution in [0.3, 0.4) is 0 Å². The summed E-state index contributed by atoms with van der Waals surface area (Å²) in [4.78, 5) is 0. The van der Waals surface area contributed by atoms with Crippen molar-refractivity contribution in [2.45, 2.75) is 36.8 Å². The third kappa shape index (κ3) is 5.64. The quantitative estimate of drug-likeness (QED) is 0.208. The molecule has 5 rings (SSSR count). The molecule has 0 amide bonds. The maximum Gasteiger partial charge on any atom is 0.573 e. The summed E-state index contributed by atoms with van der Waals surface area (Å²) in [5.41, 5.74) is -0.668. The normalized spacial score (nSPS) is 23.1. The Hall–Kier alpha value is -3.22. The molecular weight excluding hydrogens is 651 g/mol. The zero-order valence-electron chi connectivity index (χ0n) is 20.1. The molecule has 218 valence electrons. The van der Waals surface area contributed by atoms with Gasteiger partial charge in [-0.2, -0.15) is 0 Å². The third-order valence-corrected chi connectivity index (χ3v) is 7.10. The zero-order chi connectivity index (χ0) is 29.6. The standard InChI is InChI=1S/C23H17BrClF5N6O5/c24-11-3-2-10(16(26)17(11)27)12-6-36(34-32-12)18-19(38)15(7-37)40-21(20(18)39)22-33-31-8-35(22)13-5-9(25)1-4-14(13)41-23(28,29)30/h1-6,8,15,18-21,37-39H,7H2/t15-,18+,19+,20-,21-/m1/s1. The van der Waals surface area contributed by atoms with Gasteiger partial charge in [0.05, 0.1) is 23.0 Å². The number of rotatable bonds is 6. The molecule has 1 saturated heterocycles. The molecule has 1 aliphatic heterocycles. The van der Waals surface area contributed by atoms with Crippen LogP contribution in [0, 0.1) is 11.6 Å². The summed E-state index contributed by atoms with van der Waals surface area (Å²) in [6, 6.07) is 4.35. The number of halogens is 7. The van der Waals surface area contributed by atoms with Gasteiger partial charge in [0, 0.05) is 10.6 Å². The second kappa shape index (κ2) is 11.2. The molecule has 1 aliphatic rings. The molecule has 5 atom stereocenters. The van der Waals surface area contributed by atoms with Crippen molar-refractivity contribution in [3.05, 3.63) is 69.8 Å². The fourth-order valence-electron chi connectivity index (χ4n) is 4.41. The summed E-state index contributed by atoms with van der Waals surface area (Å²) in [6.45, 7) is -0.761. The van der Waals surface area contributed by atoms with Crippen LogP contribution in [0.4, 0.5) is 22.0 Å². The van der Waals surface area contributed by atoms with E-state index < -0.39 is 60.8 Å². The van der Waals surface area contributed by atoms with E-state index in [1.807, 2.05) is 0 Å². The lowest BCUT2D eigenvalue weighted by Crippen LogP contribution is -2.53. The Bertz CT molecular complexity index is 1570. The molecule has 0 radical (unpaired) electrons. The number of hydrogen-bond acceptors (Lipinski definition) is 9. The van der Waals surface area contributed by atoms with Gasteiger partial charge in [0.15, 0.2) is 23.2 Å². The highest BCUT2D eigenvalue weighted by molar-refractivity contribution is 9.10. The summed E-state index contributed by atoms with van der Waals surface area (Å²) < 4.78 is 79.5. The molecule has 3 heterocycles. The van der Waals surface area contributed by atoms with Crippen molar-refractivity contribution in [3.63, 3.8) is 0 Å². The van der Waals surface area contributed by atoms with Crippen LogP contribution in [0.1, 0.15) is 18.0 Å². The number of hydrogen-bond donors (Lipinski definition) is 3. The smallest absolute Gasteiger partial charge is 0.404 e. The molecule has 11 nitrogen and oxygen atoms in total. The van der Waals surface area contributed by atoms with Gasteiger partial charge in [0.2, 0.25) is 0 Å². The van der Waals surface area contributed by atoms with Crippen LogP contribution in [0.2, 0.25) is 5.02 Å². The van der Waals surface area contributed by atoms with Crippen molar-refractivity contribution in [2.24, 2.45) is 0 Å². The van der Waals surface area contributed by atoms with Crippen LogP contribution in [0.25, 0.3) is 16.9 Å². The minimum atomic E-state index is -5.06. The predicted octanol–water partition coefficient (Wildman–Crippen LogP) is 3.51. The van der Waals surface area contributed by atoms with Crippen LogP contribution >= 0.6 is 27.5 Å². The number of ether oxygens (including phenoxy) is 2. The SMILES string of the molecule is OC[C@H]1O[C@@H](c2nncn2-c2cc(Cl)ccc2OC(F)(F)F)[C@H](O)[C@@H](n2cc(-c3ccc(Br)c(F)c3F)nn2)[C@H]1O. The minimum Gasteiger partial charge on any atom is -0.404 e. The van der Waals surface area contributed by atoms with E-state index in [1.165, 1.54) is 18.2 Å². The number of alkyl halides is 3. The zero-order valence-corrected chi connectivity index (χ0v) is 22.5. The Morgan fingerprint density at radius 2 is 1.83 bits per heavy atom. The largest absolute Gasteiger partial charge is 0.573 e. The maximum atomic E-state index is 14.5. The summed E-state index contributed by atoms with van der Waals surface area (Å²) in [7, 11) is 0. The topological polar surface area (TPSA) is 141 Å². The lowest BCUT2D eigenvalue weighted by Gasteiger charge is -2.41. The lowest BCUT2D eigenvalue weighted by atomic mass is 9.92. The van der Waals surface area contributed by atoms with Crippen LogP contribution < -0.4 is 4.74 Å². The number of benzene rings is 2. The molecule has 0 bridgehead atoms. The van der Waals surface area contributed by atoms with Gasteiger partial charge >= 0.3 is 6.36 Å². The number of nitrogens with zero attached hydrogens (tertiary/aromatic N) is 6. The fourth-order valence-corrected chi connectivity index (χ4v) is 4.88. The van der Waals surface area contributed by atoms with E-state index in [-0.39, 0.29) is 32.3 Å². The predicted molar refractivity (Wildman–Crippen MR) is 132 cm³/mol. The molecule has 1 fully saturated rings. The molecule has 0 unspecified atom stereocenters. The Labute approximate surface area is 239 Å². The highest BCUT2D eigenvalue weighted by atomic mass is 79.9. The first-order valence-electron chi connectivity index (χ1n) is 11.5. The van der Waals surface area contributed by atoms with Crippen molar-refractivity contribution in [1.29, 1.82) is 0 Å². The van der Waals surface area contributed by atoms with Crippen molar-refractivity contribution in [1.82, 2.24) is 29.8 Å². The van der Waals surface area contributed by atoms with E-state index >= 15 is 0 Å². The first-order chi connectivity index (χ1) is 19.4. The van der Waals surface area contributed by atoms with E-state index in [4.69, 9.17) is 16.3 Å². The first kappa shape index (κ1) is 29.3. The van der Waals surface area contributed by atoms with Gasteiger partial charge < -0.3 is 24.8 Å². The van der Waals surface area contributed by atoms with Crippen LogP contribution in [-0.4, -0.2) is 76.4 Å². The summed E-state index contributed by atoms with van der Waals surface area (Å²) in [5, 5.41) is 47.4. The van der Waals surface area contributed by atoms with E-state index in [0.717, 1.165) is 33.9 Å². The van der Waals surface area contributed by atoms with E-state index in [2.05, 4.69) is 41.2 Å². The second-order valence-corrected chi connectivity index (χ2v) is 10.1. The van der Waals surface area contributed by atoms with Crippen LogP contribution in [0.5, 0.6) is 5.75 Å². The van der Waals surface area contributed by atoms with Crippen molar-refractivity contribution in [3.8, 4) is 22.7 Å². The van der Waals surface area contributed by atoms with E-state index in [9.17, 15) is 37.3 Å². The minimum absolute atomic E-state index is 0.0348. The third-order valence-electron chi connectivity index (χ3n) is 6.25. The number of aromatic nitrogens is 6. The van der Waals surface area contributed by atoms with Crippen molar-refractivity contribution in [2.75, 3.05) is 6.61 Å². The summed E-state index contributed by atoms with van der Waals surface area (Å²) >= 11 is 8.89. The van der Waals surface area contributed by atoms with Gasteiger partial charge in [-0.15, -0.1) is 28.5 Å². The molecule has 0 aliphatic carbocycles. The van der Waals surface area contributed by atoms with E-state index in [1.54, 1.807) is 0 Å². The van der Waals surface area contributed by atoms with E-state index in [0.29, 0.717) is 0 Å². The van der Waals surface area contributed by atoms with Gasteiger partial charge in [-0.25, -0.2) is 13.5 Å². The van der Waals surface area contributed by atoms with Crippen molar-refractivity contribution >= 4 is 27.5 Å². The molecule has 0 spiro atoms. The Morgan fingerprint density at radius 3 is 2.54 bits per heavy atom. The summed E-state index contributed by atoms with van der Waals surface area (Å²) in [6.07, 6.45) is -9.13. The summed E-state index contributed by atoms with van der Waals surface area (Å²) in [5.74, 6) is -3.31. The van der Waals surface area contributed by atoms with Crippen LogP contribution in [-0.2, 0) is 4.74 Å². The highest BCUT2D eigenvalue weighted by Crippen LogP contribution is 2.40. The first-order valence-corrected chi connectivity index (χ1v) is 12.7. The van der Waals surface area contributed by atoms with Gasteiger partial charge in [-0.3, -0.25) is 4.57 Å². The van der Waals surface area contributed by atoms with Gasteiger partial charge in [-0.05, 0) is 46.3 Å². The lowest BCUT2D eigenvalue weighted by molar-refractivity contribution is -0.274. The maximum absolute atomic E-state index is 14.5. The molecule has 3 N–H and O–H groups in total. The molecule has 41 heavy (non-hydrogen) atoms. The Balaban J connectivity index is 1.54. The highest BCUT2D eigenvalue weighted by Gasteiger charge is 2.48. The average Bonchev–Trinajstić information content (AvgIpc) is 3.58. The van der Waals surface area contributed by atoms with Gasteiger partial charge in [-0.1, -0.05) is 16.8 Å².